The van der Waals surface area contributed by atoms with Crippen molar-refractivity contribution in [2.75, 3.05) is 31.1 Å². The Labute approximate surface area is 165 Å². The van der Waals surface area contributed by atoms with Crippen molar-refractivity contribution in [1.82, 2.24) is 9.88 Å². The minimum atomic E-state index is 0.0755. The van der Waals surface area contributed by atoms with E-state index in [0.717, 1.165) is 37.5 Å². The molecule has 2 heterocycles. The molecule has 1 aliphatic heterocycles. The van der Waals surface area contributed by atoms with Crippen LogP contribution in [-0.2, 0) is 6.61 Å². The molecule has 4 rings (SSSR count). The zero-order valence-electron chi connectivity index (χ0n) is 15.7. The molecule has 1 aromatic heterocycles. The number of para-hydroxylation sites is 1. The fourth-order valence-electron chi connectivity index (χ4n) is 3.33. The van der Waals surface area contributed by atoms with Gasteiger partial charge in [0, 0.05) is 55.4 Å². The van der Waals surface area contributed by atoms with E-state index in [1.807, 2.05) is 59.5 Å². The second-order valence-corrected chi connectivity index (χ2v) is 6.79. The Morgan fingerprint density at radius 3 is 2.32 bits per heavy atom. The molecular formula is C23H23N3O2. The third-order valence-corrected chi connectivity index (χ3v) is 4.92. The van der Waals surface area contributed by atoms with Gasteiger partial charge in [-0.05, 0) is 42.5 Å². The summed E-state index contributed by atoms with van der Waals surface area (Å²) in [4.78, 5) is 21.1. The van der Waals surface area contributed by atoms with E-state index in [0.29, 0.717) is 12.2 Å². The van der Waals surface area contributed by atoms with Crippen LogP contribution in [0.25, 0.3) is 0 Å². The fourth-order valence-corrected chi connectivity index (χ4v) is 3.33. The van der Waals surface area contributed by atoms with Gasteiger partial charge in [-0.2, -0.15) is 0 Å². The SMILES string of the molecule is O=C(c1ccc(OCc2cccnc2)cc1)N1CCN(c2ccccc2)CC1. The highest BCUT2D eigenvalue weighted by Gasteiger charge is 2.22. The van der Waals surface area contributed by atoms with Crippen LogP contribution in [-0.4, -0.2) is 42.0 Å². The average Bonchev–Trinajstić information content (AvgIpc) is 2.79. The Hall–Kier alpha value is -3.34. The number of aromatic nitrogens is 1. The second-order valence-electron chi connectivity index (χ2n) is 6.79. The number of hydrogen-bond acceptors (Lipinski definition) is 4. The van der Waals surface area contributed by atoms with Crippen LogP contribution < -0.4 is 9.64 Å². The van der Waals surface area contributed by atoms with Crippen LogP contribution >= 0.6 is 0 Å². The normalized spacial score (nSPS) is 14.0. The number of piperazine rings is 1. The zero-order valence-corrected chi connectivity index (χ0v) is 15.7. The highest BCUT2D eigenvalue weighted by atomic mass is 16.5. The van der Waals surface area contributed by atoms with Crippen molar-refractivity contribution in [2.24, 2.45) is 0 Å². The van der Waals surface area contributed by atoms with Crippen LogP contribution in [0.2, 0.25) is 0 Å². The quantitative estimate of drug-likeness (QED) is 0.685. The van der Waals surface area contributed by atoms with Gasteiger partial charge in [-0.3, -0.25) is 9.78 Å². The Morgan fingerprint density at radius 2 is 1.64 bits per heavy atom. The minimum absolute atomic E-state index is 0.0755. The molecule has 0 atom stereocenters. The van der Waals surface area contributed by atoms with Crippen LogP contribution in [0.1, 0.15) is 15.9 Å². The van der Waals surface area contributed by atoms with Crippen molar-refractivity contribution in [1.29, 1.82) is 0 Å². The number of amides is 1. The number of carbonyl (C=O) groups is 1. The van der Waals surface area contributed by atoms with E-state index in [9.17, 15) is 4.79 Å². The number of hydrogen-bond donors (Lipinski definition) is 0. The van der Waals surface area contributed by atoms with E-state index in [2.05, 4.69) is 22.0 Å². The molecule has 142 valence electrons. The summed E-state index contributed by atoms with van der Waals surface area (Å²) in [6, 6.07) is 21.6. The highest BCUT2D eigenvalue weighted by Crippen LogP contribution is 2.19. The maximum atomic E-state index is 12.8. The van der Waals surface area contributed by atoms with Crippen molar-refractivity contribution >= 4 is 11.6 Å². The molecule has 28 heavy (non-hydrogen) atoms. The number of nitrogens with zero attached hydrogens (tertiary/aromatic N) is 3. The van der Waals surface area contributed by atoms with Gasteiger partial charge in [0.15, 0.2) is 0 Å². The minimum Gasteiger partial charge on any atom is -0.489 e. The Kier molecular flexibility index (Phi) is 5.52. The molecular weight excluding hydrogens is 350 g/mol. The number of benzene rings is 2. The van der Waals surface area contributed by atoms with Crippen molar-refractivity contribution in [2.45, 2.75) is 6.61 Å². The van der Waals surface area contributed by atoms with E-state index in [1.165, 1.54) is 5.69 Å². The second kappa shape index (κ2) is 8.57. The maximum Gasteiger partial charge on any atom is 0.253 e. The molecule has 1 aliphatic rings. The van der Waals surface area contributed by atoms with Gasteiger partial charge in [-0.25, -0.2) is 0 Å². The molecule has 0 bridgehead atoms. The van der Waals surface area contributed by atoms with Crippen molar-refractivity contribution in [3.63, 3.8) is 0 Å². The largest absolute Gasteiger partial charge is 0.489 e. The lowest BCUT2D eigenvalue weighted by atomic mass is 10.1. The van der Waals surface area contributed by atoms with E-state index in [1.54, 1.807) is 12.4 Å². The summed E-state index contributed by atoms with van der Waals surface area (Å²) < 4.78 is 5.76. The first-order valence-corrected chi connectivity index (χ1v) is 9.51. The summed E-state index contributed by atoms with van der Waals surface area (Å²) in [6.45, 7) is 3.62. The van der Waals surface area contributed by atoms with Crippen LogP contribution in [0.4, 0.5) is 5.69 Å². The average molecular weight is 373 g/mol. The van der Waals surface area contributed by atoms with E-state index < -0.39 is 0 Å². The molecule has 0 radical (unpaired) electrons. The molecule has 1 amide bonds. The zero-order chi connectivity index (χ0) is 19.2. The van der Waals surface area contributed by atoms with E-state index in [-0.39, 0.29) is 5.91 Å². The van der Waals surface area contributed by atoms with Gasteiger partial charge in [0.2, 0.25) is 0 Å². The lowest BCUT2D eigenvalue weighted by molar-refractivity contribution is 0.0746. The maximum absolute atomic E-state index is 12.8. The smallest absolute Gasteiger partial charge is 0.253 e. The van der Waals surface area contributed by atoms with Crippen LogP contribution in [0, 0.1) is 0 Å². The molecule has 0 N–H and O–H groups in total. The standard InChI is InChI=1S/C23H23N3O2/c27-23(26-15-13-25(14-16-26)21-6-2-1-3-7-21)20-8-10-22(11-9-20)28-18-19-5-4-12-24-17-19/h1-12,17H,13-16,18H2. The van der Waals surface area contributed by atoms with Crippen molar-refractivity contribution in [3.05, 3.63) is 90.3 Å². The number of anilines is 1. The predicted octanol–water partition coefficient (Wildman–Crippen LogP) is 3.62. The molecule has 1 fully saturated rings. The molecule has 0 aliphatic carbocycles. The first-order valence-electron chi connectivity index (χ1n) is 9.51. The summed E-state index contributed by atoms with van der Waals surface area (Å²) in [5.41, 5.74) is 2.92. The molecule has 1 saturated heterocycles. The number of rotatable bonds is 5. The van der Waals surface area contributed by atoms with Crippen molar-refractivity contribution in [3.8, 4) is 5.75 Å². The number of ether oxygens (including phenoxy) is 1. The summed E-state index contributed by atoms with van der Waals surface area (Å²) in [7, 11) is 0. The Balaban J connectivity index is 1.31. The Bertz CT molecular complexity index is 890. The monoisotopic (exact) mass is 373 g/mol. The lowest BCUT2D eigenvalue weighted by Gasteiger charge is -2.36. The van der Waals surface area contributed by atoms with Crippen LogP contribution in [0.15, 0.2) is 79.1 Å². The molecule has 0 unspecified atom stereocenters. The fraction of sp³-hybridized carbons (Fsp3) is 0.217. The summed E-state index contributed by atoms with van der Waals surface area (Å²) in [5, 5.41) is 0. The van der Waals surface area contributed by atoms with Gasteiger partial charge in [-0.15, -0.1) is 0 Å². The summed E-state index contributed by atoms with van der Waals surface area (Å²) >= 11 is 0. The molecule has 5 nitrogen and oxygen atoms in total. The van der Waals surface area contributed by atoms with Gasteiger partial charge in [0.1, 0.15) is 12.4 Å². The topological polar surface area (TPSA) is 45.7 Å². The van der Waals surface area contributed by atoms with Gasteiger partial charge in [0.25, 0.3) is 5.91 Å². The number of pyridine rings is 1. The van der Waals surface area contributed by atoms with Gasteiger partial charge >= 0.3 is 0 Å². The van der Waals surface area contributed by atoms with Gasteiger partial charge < -0.3 is 14.5 Å². The van der Waals surface area contributed by atoms with E-state index in [4.69, 9.17) is 4.74 Å². The third-order valence-electron chi connectivity index (χ3n) is 4.92. The molecule has 2 aromatic carbocycles. The summed E-state index contributed by atoms with van der Waals surface area (Å²) in [6.07, 6.45) is 3.52. The van der Waals surface area contributed by atoms with Crippen LogP contribution in [0.3, 0.4) is 0 Å². The lowest BCUT2D eigenvalue weighted by Crippen LogP contribution is -2.48. The molecule has 5 heteroatoms. The summed E-state index contributed by atoms with van der Waals surface area (Å²) in [5.74, 6) is 0.820. The van der Waals surface area contributed by atoms with Gasteiger partial charge in [0.05, 0.1) is 0 Å². The molecule has 0 spiro atoms. The first kappa shape index (κ1) is 18.0. The van der Waals surface area contributed by atoms with Crippen molar-refractivity contribution < 1.29 is 9.53 Å². The molecule has 0 saturated carbocycles. The van der Waals surface area contributed by atoms with E-state index >= 15 is 0 Å². The predicted molar refractivity (Wildman–Crippen MR) is 110 cm³/mol. The number of carbonyl (C=O) groups excluding carboxylic acids is 1. The molecule has 3 aromatic rings. The van der Waals surface area contributed by atoms with Gasteiger partial charge in [-0.1, -0.05) is 24.3 Å². The van der Waals surface area contributed by atoms with Crippen LogP contribution in [0.5, 0.6) is 5.75 Å². The first-order chi connectivity index (χ1) is 13.8. The highest BCUT2D eigenvalue weighted by molar-refractivity contribution is 5.94. The Morgan fingerprint density at radius 1 is 0.893 bits per heavy atom. The third kappa shape index (κ3) is 4.31.